The summed E-state index contributed by atoms with van der Waals surface area (Å²) in [6.07, 6.45) is 0. The van der Waals surface area contributed by atoms with Gasteiger partial charge in [0.25, 0.3) is 0 Å². The lowest BCUT2D eigenvalue weighted by Gasteiger charge is -2.09. The van der Waals surface area contributed by atoms with Crippen LogP contribution in [0.2, 0.25) is 5.02 Å². The summed E-state index contributed by atoms with van der Waals surface area (Å²) >= 11 is 9.39. The van der Waals surface area contributed by atoms with Crippen molar-refractivity contribution in [2.45, 2.75) is 13.5 Å². The average molecular weight is 355 g/mol. The minimum absolute atomic E-state index is 0.109. The van der Waals surface area contributed by atoms with Gasteiger partial charge in [0.05, 0.1) is 5.56 Å². The molecular formula is C15H13BrClNO2. The molecule has 0 spiro atoms. The van der Waals surface area contributed by atoms with Crippen molar-refractivity contribution in [2.24, 2.45) is 0 Å². The lowest BCUT2D eigenvalue weighted by atomic mass is 10.1. The van der Waals surface area contributed by atoms with Crippen molar-refractivity contribution in [1.29, 1.82) is 0 Å². The zero-order valence-corrected chi connectivity index (χ0v) is 13.2. The van der Waals surface area contributed by atoms with Gasteiger partial charge in [-0.25, -0.2) is 4.79 Å². The number of benzene rings is 2. The molecule has 0 radical (unpaired) electrons. The van der Waals surface area contributed by atoms with Crippen LogP contribution in [0.5, 0.6) is 0 Å². The maximum atomic E-state index is 12.0. The van der Waals surface area contributed by atoms with Crippen molar-refractivity contribution in [3.05, 3.63) is 62.6 Å². The molecule has 2 aromatic carbocycles. The summed E-state index contributed by atoms with van der Waals surface area (Å²) in [6.45, 7) is 2.00. The molecule has 0 aliphatic heterocycles. The minimum Gasteiger partial charge on any atom is -0.457 e. The first-order valence-corrected chi connectivity index (χ1v) is 7.11. The van der Waals surface area contributed by atoms with Gasteiger partial charge in [0, 0.05) is 20.7 Å². The van der Waals surface area contributed by atoms with Crippen molar-refractivity contribution in [3.8, 4) is 0 Å². The number of ether oxygens (including phenoxy) is 1. The summed E-state index contributed by atoms with van der Waals surface area (Å²) in [4.78, 5) is 12.0. The monoisotopic (exact) mass is 353 g/mol. The van der Waals surface area contributed by atoms with Gasteiger partial charge < -0.3 is 10.5 Å². The van der Waals surface area contributed by atoms with E-state index < -0.39 is 5.97 Å². The molecule has 0 saturated carbocycles. The van der Waals surface area contributed by atoms with Crippen LogP contribution in [0.15, 0.2) is 40.9 Å². The fraction of sp³-hybridized carbons (Fsp3) is 0.133. The van der Waals surface area contributed by atoms with Crippen molar-refractivity contribution in [2.75, 3.05) is 5.73 Å². The van der Waals surface area contributed by atoms with E-state index in [9.17, 15) is 4.79 Å². The normalized spacial score (nSPS) is 10.3. The number of rotatable bonds is 3. The first-order valence-electron chi connectivity index (χ1n) is 5.94. The fourth-order valence-electron chi connectivity index (χ4n) is 1.71. The standard InChI is InChI=1S/C15H13BrClNO2/c1-9-2-5-14(18)12(6-9)15(19)20-8-10-3-4-11(16)7-13(10)17/h2-7H,8,18H2,1H3. The Morgan fingerprint density at radius 2 is 2.05 bits per heavy atom. The van der Waals surface area contributed by atoms with E-state index in [1.165, 1.54) is 0 Å². The van der Waals surface area contributed by atoms with Crippen LogP contribution < -0.4 is 5.73 Å². The molecule has 0 aliphatic carbocycles. The Hall–Kier alpha value is -1.52. The summed E-state index contributed by atoms with van der Waals surface area (Å²) in [5.74, 6) is -0.454. The third-order valence-electron chi connectivity index (χ3n) is 2.80. The van der Waals surface area contributed by atoms with Gasteiger partial charge in [-0.3, -0.25) is 0 Å². The molecular weight excluding hydrogens is 342 g/mol. The number of esters is 1. The number of carbonyl (C=O) groups is 1. The zero-order chi connectivity index (χ0) is 14.7. The van der Waals surface area contributed by atoms with Crippen LogP contribution in [0.1, 0.15) is 21.5 Å². The molecule has 0 aromatic heterocycles. The van der Waals surface area contributed by atoms with Crippen LogP contribution in [0.3, 0.4) is 0 Å². The van der Waals surface area contributed by atoms with Crippen molar-refractivity contribution in [3.63, 3.8) is 0 Å². The lowest BCUT2D eigenvalue weighted by molar-refractivity contribution is 0.0474. The quantitative estimate of drug-likeness (QED) is 0.658. The Balaban J connectivity index is 2.10. The Bertz CT molecular complexity index is 658. The highest BCUT2D eigenvalue weighted by Crippen LogP contribution is 2.23. The minimum atomic E-state index is -0.454. The van der Waals surface area contributed by atoms with E-state index in [0.717, 1.165) is 15.6 Å². The molecule has 20 heavy (non-hydrogen) atoms. The first kappa shape index (κ1) is 14.9. The summed E-state index contributed by atoms with van der Waals surface area (Å²) in [7, 11) is 0. The number of carbonyl (C=O) groups excluding carboxylic acids is 1. The molecule has 0 saturated heterocycles. The van der Waals surface area contributed by atoms with E-state index in [0.29, 0.717) is 16.3 Å². The van der Waals surface area contributed by atoms with Crippen LogP contribution in [0.25, 0.3) is 0 Å². The van der Waals surface area contributed by atoms with Crippen LogP contribution in [0.4, 0.5) is 5.69 Å². The Morgan fingerprint density at radius 1 is 1.30 bits per heavy atom. The second kappa shape index (κ2) is 6.29. The number of anilines is 1. The van der Waals surface area contributed by atoms with Gasteiger partial charge in [-0.15, -0.1) is 0 Å². The predicted molar refractivity (Wildman–Crippen MR) is 83.9 cm³/mol. The van der Waals surface area contributed by atoms with Gasteiger partial charge in [-0.05, 0) is 31.2 Å². The molecule has 2 rings (SSSR count). The van der Waals surface area contributed by atoms with Crippen LogP contribution >= 0.6 is 27.5 Å². The molecule has 3 nitrogen and oxygen atoms in total. The van der Waals surface area contributed by atoms with Crippen LogP contribution in [0, 0.1) is 6.92 Å². The largest absolute Gasteiger partial charge is 0.457 e. The van der Waals surface area contributed by atoms with Gasteiger partial charge in [0.15, 0.2) is 0 Å². The highest BCUT2D eigenvalue weighted by molar-refractivity contribution is 9.10. The van der Waals surface area contributed by atoms with Gasteiger partial charge in [0.1, 0.15) is 6.61 Å². The molecule has 0 amide bonds. The van der Waals surface area contributed by atoms with Crippen molar-refractivity contribution >= 4 is 39.2 Å². The smallest absolute Gasteiger partial charge is 0.340 e. The number of aryl methyl sites for hydroxylation is 1. The fourth-order valence-corrected chi connectivity index (χ4v) is 2.43. The van der Waals surface area contributed by atoms with Crippen LogP contribution in [-0.2, 0) is 11.3 Å². The lowest BCUT2D eigenvalue weighted by Crippen LogP contribution is -2.08. The molecule has 0 unspecified atom stereocenters. The SMILES string of the molecule is Cc1ccc(N)c(C(=O)OCc2ccc(Br)cc2Cl)c1. The molecule has 0 bridgehead atoms. The van der Waals surface area contributed by atoms with Crippen molar-refractivity contribution < 1.29 is 9.53 Å². The van der Waals surface area contributed by atoms with Crippen LogP contribution in [-0.4, -0.2) is 5.97 Å². The molecule has 0 aliphatic rings. The molecule has 5 heteroatoms. The van der Waals surface area contributed by atoms with E-state index in [-0.39, 0.29) is 6.61 Å². The Kier molecular flexibility index (Phi) is 4.68. The van der Waals surface area contributed by atoms with Gasteiger partial charge in [-0.2, -0.15) is 0 Å². The predicted octanol–water partition coefficient (Wildman–Crippen LogP) is 4.35. The number of hydrogen-bond donors (Lipinski definition) is 1. The van der Waals surface area contributed by atoms with Gasteiger partial charge in [-0.1, -0.05) is 45.2 Å². The van der Waals surface area contributed by atoms with E-state index in [1.54, 1.807) is 24.3 Å². The van der Waals surface area contributed by atoms with E-state index in [1.807, 2.05) is 19.1 Å². The second-order valence-electron chi connectivity index (χ2n) is 4.40. The summed E-state index contributed by atoms with van der Waals surface area (Å²) in [5, 5.41) is 0.546. The van der Waals surface area contributed by atoms with E-state index in [2.05, 4.69) is 15.9 Å². The summed E-state index contributed by atoms with van der Waals surface area (Å²) in [5.41, 5.74) is 8.25. The number of nitrogens with two attached hydrogens (primary N) is 1. The average Bonchev–Trinajstić information content (AvgIpc) is 2.40. The Morgan fingerprint density at radius 3 is 2.75 bits per heavy atom. The highest BCUT2D eigenvalue weighted by atomic mass is 79.9. The third kappa shape index (κ3) is 3.52. The molecule has 0 heterocycles. The third-order valence-corrected chi connectivity index (χ3v) is 3.65. The maximum absolute atomic E-state index is 12.0. The molecule has 2 N–H and O–H groups in total. The molecule has 104 valence electrons. The second-order valence-corrected chi connectivity index (χ2v) is 5.73. The summed E-state index contributed by atoms with van der Waals surface area (Å²) < 4.78 is 6.13. The van der Waals surface area contributed by atoms with Crippen molar-refractivity contribution in [1.82, 2.24) is 0 Å². The highest BCUT2D eigenvalue weighted by Gasteiger charge is 2.12. The topological polar surface area (TPSA) is 52.3 Å². The van der Waals surface area contributed by atoms with Gasteiger partial charge >= 0.3 is 5.97 Å². The Labute approximate surface area is 130 Å². The van der Waals surface area contributed by atoms with E-state index in [4.69, 9.17) is 22.1 Å². The molecule has 0 fully saturated rings. The first-order chi connectivity index (χ1) is 9.47. The van der Waals surface area contributed by atoms with E-state index >= 15 is 0 Å². The number of nitrogen functional groups attached to an aromatic ring is 1. The number of hydrogen-bond acceptors (Lipinski definition) is 3. The summed E-state index contributed by atoms with van der Waals surface area (Å²) in [6, 6.07) is 10.7. The zero-order valence-electron chi connectivity index (χ0n) is 10.8. The maximum Gasteiger partial charge on any atom is 0.340 e. The molecule has 2 aromatic rings. The number of halogens is 2. The van der Waals surface area contributed by atoms with Gasteiger partial charge in [0.2, 0.25) is 0 Å². The molecule has 0 atom stereocenters.